The highest BCUT2D eigenvalue weighted by Gasteiger charge is 2.10. The van der Waals surface area contributed by atoms with Gasteiger partial charge in [-0.05, 0) is 25.8 Å². The summed E-state index contributed by atoms with van der Waals surface area (Å²) in [6, 6.07) is 0. The average molecular weight is 227 g/mol. The number of ketones is 1. The third-order valence-electron chi connectivity index (χ3n) is 2.41. The molecule has 0 rings (SSSR count). The maximum atomic E-state index is 10.7. The summed E-state index contributed by atoms with van der Waals surface area (Å²) in [6.07, 6.45) is 7.38. The standard InChI is InChI=1S/C12H21NO3/c1-3-4-5-6-7-8-12(13(15)16)10-9-11(2)14/h8H,3-7,9-10H2,1-2H3/b12-8+. The molecule has 92 valence electrons. The van der Waals surface area contributed by atoms with Gasteiger partial charge in [-0.2, -0.15) is 0 Å². The van der Waals surface area contributed by atoms with Crippen LogP contribution in [0.4, 0.5) is 0 Å². The first-order valence-corrected chi connectivity index (χ1v) is 5.90. The number of carbonyl (C=O) groups excluding carboxylic acids is 1. The Morgan fingerprint density at radius 1 is 1.25 bits per heavy atom. The van der Waals surface area contributed by atoms with Gasteiger partial charge in [-0.3, -0.25) is 10.1 Å². The predicted molar refractivity (Wildman–Crippen MR) is 63.8 cm³/mol. The summed E-state index contributed by atoms with van der Waals surface area (Å²) in [7, 11) is 0. The van der Waals surface area contributed by atoms with Gasteiger partial charge in [-0.15, -0.1) is 0 Å². The molecule has 16 heavy (non-hydrogen) atoms. The minimum absolute atomic E-state index is 0.00117. The summed E-state index contributed by atoms with van der Waals surface area (Å²) in [4.78, 5) is 21.0. The molecule has 0 N–H and O–H groups in total. The minimum Gasteiger partial charge on any atom is -0.300 e. The molecule has 0 radical (unpaired) electrons. The first-order valence-electron chi connectivity index (χ1n) is 5.90. The van der Waals surface area contributed by atoms with Gasteiger partial charge < -0.3 is 4.79 Å². The summed E-state index contributed by atoms with van der Waals surface area (Å²) < 4.78 is 0. The molecule has 0 aliphatic rings. The van der Waals surface area contributed by atoms with Crippen molar-refractivity contribution in [3.8, 4) is 0 Å². The molecule has 0 aromatic carbocycles. The highest BCUT2D eigenvalue weighted by Crippen LogP contribution is 2.10. The van der Waals surface area contributed by atoms with Crippen molar-refractivity contribution in [3.05, 3.63) is 21.9 Å². The Hall–Kier alpha value is -1.19. The number of rotatable bonds is 9. The van der Waals surface area contributed by atoms with E-state index in [9.17, 15) is 14.9 Å². The van der Waals surface area contributed by atoms with Crippen LogP contribution in [0.2, 0.25) is 0 Å². The molecular weight excluding hydrogens is 206 g/mol. The normalized spacial score (nSPS) is 11.5. The Balaban J connectivity index is 3.95. The molecule has 0 atom stereocenters. The van der Waals surface area contributed by atoms with E-state index in [2.05, 4.69) is 6.92 Å². The molecule has 0 heterocycles. The van der Waals surface area contributed by atoms with Crippen LogP contribution in [-0.2, 0) is 4.79 Å². The smallest absolute Gasteiger partial charge is 0.242 e. The maximum Gasteiger partial charge on any atom is 0.242 e. The quantitative estimate of drug-likeness (QED) is 0.344. The van der Waals surface area contributed by atoms with Crippen LogP contribution in [0.15, 0.2) is 11.8 Å². The summed E-state index contributed by atoms with van der Waals surface area (Å²) >= 11 is 0. The van der Waals surface area contributed by atoms with Crippen molar-refractivity contribution in [1.82, 2.24) is 0 Å². The van der Waals surface area contributed by atoms with Crippen LogP contribution in [0.25, 0.3) is 0 Å². The number of carbonyl (C=O) groups is 1. The largest absolute Gasteiger partial charge is 0.300 e. The molecular formula is C12H21NO3. The van der Waals surface area contributed by atoms with E-state index in [1.807, 2.05) is 0 Å². The Morgan fingerprint density at radius 3 is 2.44 bits per heavy atom. The first-order chi connectivity index (χ1) is 7.57. The molecule has 0 saturated carbocycles. The monoisotopic (exact) mass is 227 g/mol. The van der Waals surface area contributed by atoms with Gasteiger partial charge in [0.25, 0.3) is 0 Å². The molecule has 0 aliphatic heterocycles. The number of allylic oxidation sites excluding steroid dienone is 2. The van der Waals surface area contributed by atoms with Gasteiger partial charge in [0.05, 0.1) is 4.92 Å². The van der Waals surface area contributed by atoms with Gasteiger partial charge in [0.2, 0.25) is 5.70 Å². The summed E-state index contributed by atoms with van der Waals surface area (Å²) in [5, 5.41) is 10.7. The number of hydrogen-bond acceptors (Lipinski definition) is 3. The fourth-order valence-corrected chi connectivity index (χ4v) is 1.41. The molecule has 0 saturated heterocycles. The van der Waals surface area contributed by atoms with Gasteiger partial charge >= 0.3 is 0 Å². The van der Waals surface area contributed by atoms with Crippen LogP contribution in [-0.4, -0.2) is 10.7 Å². The van der Waals surface area contributed by atoms with E-state index < -0.39 is 0 Å². The van der Waals surface area contributed by atoms with Crippen molar-refractivity contribution in [2.45, 2.75) is 58.8 Å². The number of hydrogen-bond donors (Lipinski definition) is 0. The van der Waals surface area contributed by atoms with E-state index in [0.29, 0.717) is 0 Å². The lowest BCUT2D eigenvalue weighted by Gasteiger charge is -1.98. The van der Waals surface area contributed by atoms with Gasteiger partial charge in [-0.1, -0.05) is 26.2 Å². The summed E-state index contributed by atoms with van der Waals surface area (Å²) in [5.74, 6) is -0.00117. The molecule has 0 fully saturated rings. The predicted octanol–water partition coefficient (Wildman–Crippen LogP) is 3.49. The lowest BCUT2D eigenvalue weighted by molar-refractivity contribution is -0.428. The van der Waals surface area contributed by atoms with Crippen molar-refractivity contribution < 1.29 is 9.72 Å². The minimum atomic E-state index is -0.372. The molecule has 0 unspecified atom stereocenters. The van der Waals surface area contributed by atoms with Crippen molar-refractivity contribution in [2.75, 3.05) is 0 Å². The van der Waals surface area contributed by atoms with Crippen LogP contribution in [0.1, 0.15) is 58.8 Å². The van der Waals surface area contributed by atoms with Crippen molar-refractivity contribution in [1.29, 1.82) is 0 Å². The van der Waals surface area contributed by atoms with Gasteiger partial charge in [0, 0.05) is 12.8 Å². The van der Waals surface area contributed by atoms with E-state index in [-0.39, 0.29) is 29.2 Å². The van der Waals surface area contributed by atoms with Crippen LogP contribution < -0.4 is 0 Å². The molecule has 4 heteroatoms. The number of Topliss-reactive ketones (excluding diaryl/α,β-unsaturated/α-hetero) is 1. The van der Waals surface area contributed by atoms with Crippen molar-refractivity contribution in [2.24, 2.45) is 0 Å². The lowest BCUT2D eigenvalue weighted by atomic mass is 10.1. The topological polar surface area (TPSA) is 60.2 Å². The second-order valence-corrected chi connectivity index (χ2v) is 4.00. The maximum absolute atomic E-state index is 10.7. The Bertz CT molecular complexity index is 259. The van der Waals surface area contributed by atoms with Crippen LogP contribution in [0, 0.1) is 10.1 Å². The fraction of sp³-hybridized carbons (Fsp3) is 0.750. The van der Waals surface area contributed by atoms with Gasteiger partial charge in [0.15, 0.2) is 0 Å². The second-order valence-electron chi connectivity index (χ2n) is 4.00. The molecule has 0 aromatic heterocycles. The zero-order valence-corrected chi connectivity index (χ0v) is 10.2. The zero-order valence-electron chi connectivity index (χ0n) is 10.2. The summed E-state index contributed by atoms with van der Waals surface area (Å²) in [5.41, 5.74) is 0.187. The van der Waals surface area contributed by atoms with Crippen LogP contribution in [0.3, 0.4) is 0 Å². The Labute approximate surface area is 96.9 Å². The lowest BCUT2D eigenvalue weighted by Crippen LogP contribution is -2.01. The molecule has 4 nitrogen and oxygen atoms in total. The van der Waals surface area contributed by atoms with E-state index in [1.54, 1.807) is 6.08 Å². The Morgan fingerprint density at radius 2 is 1.94 bits per heavy atom. The van der Waals surface area contributed by atoms with E-state index >= 15 is 0 Å². The second kappa shape index (κ2) is 9.07. The van der Waals surface area contributed by atoms with Crippen LogP contribution >= 0.6 is 0 Å². The molecule has 0 spiro atoms. The van der Waals surface area contributed by atoms with Gasteiger partial charge in [-0.25, -0.2) is 0 Å². The highest BCUT2D eigenvalue weighted by molar-refractivity contribution is 5.75. The van der Waals surface area contributed by atoms with Crippen molar-refractivity contribution in [3.63, 3.8) is 0 Å². The number of nitrogens with zero attached hydrogens (tertiary/aromatic N) is 1. The fourth-order valence-electron chi connectivity index (χ4n) is 1.41. The molecule has 0 bridgehead atoms. The van der Waals surface area contributed by atoms with E-state index in [0.717, 1.165) is 25.7 Å². The SMILES string of the molecule is CCCCCC/C=C(\CCC(C)=O)[N+](=O)[O-]. The first kappa shape index (κ1) is 14.8. The highest BCUT2D eigenvalue weighted by atomic mass is 16.6. The third kappa shape index (κ3) is 8.15. The van der Waals surface area contributed by atoms with Crippen molar-refractivity contribution >= 4 is 5.78 Å². The van der Waals surface area contributed by atoms with E-state index in [4.69, 9.17) is 0 Å². The number of nitro groups is 1. The zero-order chi connectivity index (χ0) is 12.4. The van der Waals surface area contributed by atoms with E-state index in [1.165, 1.54) is 13.3 Å². The summed E-state index contributed by atoms with van der Waals surface area (Å²) in [6.45, 7) is 3.59. The number of unbranched alkanes of at least 4 members (excludes halogenated alkanes) is 4. The average Bonchev–Trinajstić information content (AvgIpc) is 2.21. The molecule has 0 aliphatic carbocycles. The Kier molecular flexibility index (Phi) is 8.39. The molecule has 0 amide bonds. The molecule has 0 aromatic rings. The van der Waals surface area contributed by atoms with Crippen LogP contribution in [0.5, 0.6) is 0 Å². The van der Waals surface area contributed by atoms with Gasteiger partial charge in [0.1, 0.15) is 5.78 Å². The third-order valence-corrected chi connectivity index (χ3v) is 2.41.